The zero-order valence-electron chi connectivity index (χ0n) is 11.5. The van der Waals surface area contributed by atoms with Crippen LogP contribution in [-0.4, -0.2) is 65.1 Å². The van der Waals surface area contributed by atoms with Gasteiger partial charge in [-0.2, -0.15) is 5.10 Å². The smallest absolute Gasteiger partial charge is 0.387 e. The highest BCUT2D eigenvalue weighted by atomic mass is 31.2. The number of nitrogens with one attached hydrogen (secondary N) is 1. The van der Waals surface area contributed by atoms with Gasteiger partial charge >= 0.3 is 7.82 Å². The molecule has 12 nitrogen and oxygen atoms in total. The number of hydrogen-bond acceptors (Lipinski definition) is 9. The van der Waals surface area contributed by atoms with Crippen molar-refractivity contribution in [3.63, 3.8) is 0 Å². The molecule has 0 unspecified atom stereocenters. The number of anilines is 1. The minimum atomic E-state index is -4.72. The van der Waals surface area contributed by atoms with Crippen LogP contribution in [0.3, 0.4) is 0 Å². The van der Waals surface area contributed by atoms with Crippen molar-refractivity contribution in [3.05, 3.63) is 12.0 Å². The summed E-state index contributed by atoms with van der Waals surface area (Å²) in [6.07, 6.45) is -3.76. The second kappa shape index (κ2) is 5.76. The molecule has 126 valence electrons. The first-order chi connectivity index (χ1) is 10.8. The molecule has 7 N–H and O–H groups in total. The molecule has 1 fully saturated rings. The fraction of sp³-hybridized carbons (Fsp3) is 0.500. The van der Waals surface area contributed by atoms with Gasteiger partial charge in [0.2, 0.25) is 0 Å². The van der Waals surface area contributed by atoms with Crippen molar-refractivity contribution in [2.45, 2.75) is 24.4 Å². The lowest BCUT2D eigenvalue weighted by Gasteiger charge is -2.14. The molecule has 0 saturated carbocycles. The van der Waals surface area contributed by atoms with Crippen molar-refractivity contribution in [3.8, 4) is 0 Å². The van der Waals surface area contributed by atoms with Gasteiger partial charge in [-0.1, -0.05) is 0 Å². The molecule has 2 aromatic heterocycles. The van der Waals surface area contributed by atoms with Crippen molar-refractivity contribution in [1.29, 1.82) is 0 Å². The summed E-state index contributed by atoms with van der Waals surface area (Å²) in [7, 11) is -4.72. The maximum absolute atomic E-state index is 10.7. The number of aliphatic hydroxyl groups is 2. The molecule has 1 aliphatic rings. The number of nitrogen functional groups attached to an aromatic ring is 1. The Hall–Kier alpha value is -1.66. The third kappa shape index (κ3) is 3.05. The quantitative estimate of drug-likeness (QED) is 0.341. The molecular formula is C10H14N5O7P. The van der Waals surface area contributed by atoms with E-state index in [1.807, 2.05) is 0 Å². The van der Waals surface area contributed by atoms with Crippen molar-refractivity contribution >= 4 is 24.7 Å². The SMILES string of the molecule is Nc1ncnc2c([C@@H]3O[C@@H](COP(=O)(O)O)[C@H](O)[C@H]3O)[nH]nc12. The van der Waals surface area contributed by atoms with Gasteiger partial charge in [0.1, 0.15) is 36.3 Å². The van der Waals surface area contributed by atoms with E-state index in [2.05, 4.69) is 24.7 Å². The number of H-pyrrole nitrogens is 1. The number of fused-ring (bicyclic) bond motifs is 1. The average molecular weight is 347 g/mol. The van der Waals surface area contributed by atoms with E-state index in [-0.39, 0.29) is 17.0 Å². The van der Waals surface area contributed by atoms with Crippen molar-refractivity contribution in [1.82, 2.24) is 20.2 Å². The Balaban J connectivity index is 1.85. The fourth-order valence-electron chi connectivity index (χ4n) is 2.36. The van der Waals surface area contributed by atoms with Gasteiger partial charge < -0.3 is 30.5 Å². The maximum atomic E-state index is 10.7. The number of nitrogens with two attached hydrogens (primary N) is 1. The molecule has 0 aliphatic carbocycles. The standard InChI is InChI=1S/C10H14N5O7P/c11-10-6-4(12-2-13-10)5(14-15-6)9-8(17)7(16)3(22-9)1-21-23(18,19)20/h2-3,7-9,16-17H,1H2,(H,14,15)(H2,11,12,13)(H2,18,19,20)/t3-,7-,8+,9-/m0/s1. The second-order valence-corrected chi connectivity index (χ2v) is 6.20. The number of hydrogen-bond donors (Lipinski definition) is 6. The van der Waals surface area contributed by atoms with Crippen molar-refractivity contribution in [2.24, 2.45) is 0 Å². The van der Waals surface area contributed by atoms with E-state index in [0.717, 1.165) is 0 Å². The van der Waals surface area contributed by atoms with E-state index >= 15 is 0 Å². The van der Waals surface area contributed by atoms with E-state index in [1.54, 1.807) is 0 Å². The molecule has 0 bridgehead atoms. The first-order valence-corrected chi connectivity index (χ1v) is 7.97. The largest absolute Gasteiger partial charge is 0.469 e. The van der Waals surface area contributed by atoms with Gasteiger partial charge in [0.15, 0.2) is 11.3 Å². The first kappa shape index (κ1) is 16.2. The molecule has 0 amide bonds. The number of aliphatic hydroxyl groups excluding tert-OH is 2. The molecule has 0 spiro atoms. The summed E-state index contributed by atoms with van der Waals surface area (Å²) in [5.74, 6) is 0.131. The van der Waals surface area contributed by atoms with Crippen LogP contribution in [0.4, 0.5) is 5.82 Å². The van der Waals surface area contributed by atoms with Crippen LogP contribution in [0.2, 0.25) is 0 Å². The van der Waals surface area contributed by atoms with E-state index in [4.69, 9.17) is 20.3 Å². The monoisotopic (exact) mass is 347 g/mol. The lowest BCUT2D eigenvalue weighted by molar-refractivity contribution is -0.0231. The van der Waals surface area contributed by atoms with Crippen LogP contribution in [0.15, 0.2) is 6.33 Å². The highest BCUT2D eigenvalue weighted by molar-refractivity contribution is 7.46. The van der Waals surface area contributed by atoms with Gasteiger partial charge in [0, 0.05) is 0 Å². The Labute approximate surface area is 128 Å². The predicted octanol–water partition coefficient (Wildman–Crippen LogP) is -1.79. The lowest BCUT2D eigenvalue weighted by Crippen LogP contribution is -2.33. The number of rotatable bonds is 4. The van der Waals surface area contributed by atoms with Gasteiger partial charge in [-0.3, -0.25) is 9.62 Å². The van der Waals surface area contributed by atoms with E-state index in [0.29, 0.717) is 5.52 Å². The molecule has 1 aliphatic heterocycles. The van der Waals surface area contributed by atoms with Crippen molar-refractivity contribution < 1.29 is 33.8 Å². The molecule has 2 aromatic rings. The summed E-state index contributed by atoms with van der Waals surface area (Å²) in [6.45, 7) is -0.595. The van der Waals surface area contributed by atoms with Gasteiger partial charge in [0.05, 0.1) is 12.3 Å². The molecule has 4 atom stereocenters. The summed E-state index contributed by atoms with van der Waals surface area (Å²) in [4.78, 5) is 25.2. The molecule has 13 heteroatoms. The summed E-state index contributed by atoms with van der Waals surface area (Å²) >= 11 is 0. The fourth-order valence-corrected chi connectivity index (χ4v) is 2.70. The highest BCUT2D eigenvalue weighted by Crippen LogP contribution is 2.40. The topological polar surface area (TPSA) is 197 Å². The average Bonchev–Trinajstić information content (AvgIpc) is 3.01. The van der Waals surface area contributed by atoms with Crippen LogP contribution >= 0.6 is 7.82 Å². The minimum Gasteiger partial charge on any atom is -0.387 e. The Morgan fingerprint density at radius 3 is 2.74 bits per heavy atom. The minimum absolute atomic E-state index is 0.131. The third-order valence-corrected chi connectivity index (χ3v) is 3.93. The molecule has 23 heavy (non-hydrogen) atoms. The molecule has 3 heterocycles. The Bertz CT molecular complexity index is 763. The summed E-state index contributed by atoms with van der Waals surface area (Å²) < 4.78 is 20.5. The maximum Gasteiger partial charge on any atom is 0.469 e. The number of phosphoric acid groups is 1. The van der Waals surface area contributed by atoms with Crippen LogP contribution in [0.1, 0.15) is 11.8 Å². The van der Waals surface area contributed by atoms with Crippen LogP contribution in [0.5, 0.6) is 0 Å². The van der Waals surface area contributed by atoms with Crippen LogP contribution in [0.25, 0.3) is 11.0 Å². The second-order valence-electron chi connectivity index (χ2n) is 4.96. The van der Waals surface area contributed by atoms with Gasteiger partial charge in [-0.05, 0) is 0 Å². The number of ether oxygens (including phenoxy) is 1. The normalized spacial score (nSPS) is 28.5. The van der Waals surface area contributed by atoms with Crippen LogP contribution in [0, 0.1) is 0 Å². The predicted molar refractivity (Wildman–Crippen MR) is 73.7 cm³/mol. The Kier molecular flexibility index (Phi) is 4.06. The van der Waals surface area contributed by atoms with Gasteiger partial charge in [-0.25, -0.2) is 14.5 Å². The Morgan fingerprint density at radius 1 is 1.30 bits per heavy atom. The highest BCUT2D eigenvalue weighted by Gasteiger charge is 2.45. The molecule has 1 saturated heterocycles. The van der Waals surface area contributed by atoms with Crippen LogP contribution in [-0.2, 0) is 13.8 Å². The lowest BCUT2D eigenvalue weighted by atomic mass is 10.1. The third-order valence-electron chi connectivity index (χ3n) is 3.45. The van der Waals surface area contributed by atoms with E-state index in [1.165, 1.54) is 6.33 Å². The number of aromatic amines is 1. The summed E-state index contributed by atoms with van der Waals surface area (Å²) in [5, 5.41) is 26.6. The summed E-state index contributed by atoms with van der Waals surface area (Å²) in [5.41, 5.74) is 6.51. The zero-order valence-corrected chi connectivity index (χ0v) is 12.4. The molecule has 0 radical (unpaired) electrons. The molecular weight excluding hydrogens is 333 g/mol. The Morgan fingerprint density at radius 2 is 2.04 bits per heavy atom. The van der Waals surface area contributed by atoms with Gasteiger partial charge in [-0.15, -0.1) is 0 Å². The van der Waals surface area contributed by atoms with Crippen LogP contribution < -0.4 is 5.73 Å². The zero-order chi connectivity index (χ0) is 16.8. The number of phosphoric ester groups is 1. The molecule has 0 aromatic carbocycles. The van der Waals surface area contributed by atoms with E-state index in [9.17, 15) is 14.8 Å². The number of nitrogens with zero attached hydrogens (tertiary/aromatic N) is 3. The first-order valence-electron chi connectivity index (χ1n) is 6.44. The van der Waals surface area contributed by atoms with E-state index < -0.39 is 38.8 Å². The summed E-state index contributed by atoms with van der Waals surface area (Å²) in [6, 6.07) is 0. The molecule has 3 rings (SSSR count). The van der Waals surface area contributed by atoms with Crippen molar-refractivity contribution in [2.75, 3.05) is 12.3 Å². The van der Waals surface area contributed by atoms with Gasteiger partial charge in [0.25, 0.3) is 0 Å². The number of aromatic nitrogens is 4.